The molecule has 1 heterocycles. The van der Waals surface area contributed by atoms with Crippen molar-refractivity contribution >= 4 is 27.5 Å². The first-order chi connectivity index (χ1) is 14.4. The predicted molar refractivity (Wildman–Crippen MR) is 122 cm³/mol. The summed E-state index contributed by atoms with van der Waals surface area (Å²) in [5.74, 6) is 1.16. The lowest BCUT2D eigenvalue weighted by Gasteiger charge is -2.13. The van der Waals surface area contributed by atoms with Crippen molar-refractivity contribution < 1.29 is 14.3 Å². The van der Waals surface area contributed by atoms with Crippen molar-refractivity contribution in [3.8, 4) is 11.5 Å². The Hall–Kier alpha value is -2.70. The smallest absolute Gasteiger partial charge is 0.257 e. The van der Waals surface area contributed by atoms with Crippen molar-refractivity contribution in [1.29, 1.82) is 0 Å². The van der Waals surface area contributed by atoms with Crippen molar-refractivity contribution in [3.05, 3.63) is 82.1 Å². The molecule has 156 valence electrons. The number of hydrogen-bond donors (Lipinski definition) is 1. The van der Waals surface area contributed by atoms with Crippen LogP contribution in [0.1, 0.15) is 35.6 Å². The number of aryl methyl sites for hydroxylation is 1. The maximum Gasteiger partial charge on any atom is 0.257 e. The number of ether oxygens (including phenoxy) is 2. The summed E-state index contributed by atoms with van der Waals surface area (Å²) in [5, 5.41) is 2.92. The predicted octanol–water partition coefficient (Wildman–Crippen LogP) is 6.16. The Balaban J connectivity index is 1.67. The summed E-state index contributed by atoms with van der Waals surface area (Å²) < 4.78 is 12.4. The van der Waals surface area contributed by atoms with E-state index in [-0.39, 0.29) is 12.0 Å². The number of carbonyl (C=O) groups is 1. The van der Waals surface area contributed by atoms with Crippen LogP contribution >= 0.6 is 15.9 Å². The lowest BCUT2D eigenvalue weighted by Crippen LogP contribution is -2.16. The zero-order chi connectivity index (χ0) is 21.5. The minimum absolute atomic E-state index is 0.0926. The third-order valence-electron chi connectivity index (χ3n) is 4.48. The van der Waals surface area contributed by atoms with Gasteiger partial charge in [0.15, 0.2) is 0 Å². The molecule has 1 atom stereocenters. The molecule has 1 unspecified atom stereocenters. The highest BCUT2D eigenvalue weighted by molar-refractivity contribution is 9.10. The van der Waals surface area contributed by atoms with E-state index in [1.165, 1.54) is 0 Å². The Morgan fingerprint density at radius 1 is 1.10 bits per heavy atom. The maximum atomic E-state index is 12.8. The molecule has 1 amide bonds. The van der Waals surface area contributed by atoms with Gasteiger partial charge in [-0.25, -0.2) is 0 Å². The van der Waals surface area contributed by atoms with Crippen molar-refractivity contribution in [2.45, 2.75) is 33.3 Å². The Labute approximate surface area is 185 Å². The van der Waals surface area contributed by atoms with E-state index in [4.69, 9.17) is 9.47 Å². The zero-order valence-electron chi connectivity index (χ0n) is 17.3. The fourth-order valence-corrected chi connectivity index (χ4v) is 3.34. The van der Waals surface area contributed by atoms with Gasteiger partial charge in [-0.05, 0) is 69.3 Å². The van der Waals surface area contributed by atoms with Gasteiger partial charge in [0.2, 0.25) is 0 Å². The van der Waals surface area contributed by atoms with E-state index in [2.05, 4.69) is 26.2 Å². The molecule has 0 bridgehead atoms. The first-order valence-corrected chi connectivity index (χ1v) is 10.7. The number of pyridine rings is 1. The van der Waals surface area contributed by atoms with Crippen LogP contribution in [-0.2, 0) is 11.2 Å². The standard InChI is InChI=1S/C24H25BrN2O3/c1-4-29-16(2)14-20-10-13-23(17(3)26-20)24(28)27-19-6-5-7-22(15-19)30-21-11-8-18(25)9-12-21/h5-13,15-16H,4,14H2,1-3H3,(H,27,28). The topological polar surface area (TPSA) is 60.5 Å². The number of nitrogens with zero attached hydrogens (tertiary/aromatic N) is 1. The second-order valence-corrected chi connectivity index (χ2v) is 7.86. The minimum atomic E-state index is -0.204. The van der Waals surface area contributed by atoms with Crippen LogP contribution in [0.2, 0.25) is 0 Å². The molecule has 30 heavy (non-hydrogen) atoms. The van der Waals surface area contributed by atoms with Gasteiger partial charge < -0.3 is 14.8 Å². The summed E-state index contributed by atoms with van der Waals surface area (Å²) in [6, 6.07) is 18.6. The zero-order valence-corrected chi connectivity index (χ0v) is 18.9. The van der Waals surface area contributed by atoms with Crippen LogP contribution in [0.15, 0.2) is 65.1 Å². The Bertz CT molecular complexity index is 1010. The molecule has 1 N–H and O–H groups in total. The van der Waals surface area contributed by atoms with E-state index in [0.29, 0.717) is 35.7 Å². The van der Waals surface area contributed by atoms with Gasteiger partial charge in [0.1, 0.15) is 11.5 Å². The van der Waals surface area contributed by atoms with Gasteiger partial charge in [0, 0.05) is 34.9 Å². The molecule has 2 aromatic carbocycles. The number of benzene rings is 2. The number of anilines is 1. The van der Waals surface area contributed by atoms with Gasteiger partial charge >= 0.3 is 0 Å². The van der Waals surface area contributed by atoms with E-state index in [9.17, 15) is 4.79 Å². The Morgan fingerprint density at radius 3 is 2.57 bits per heavy atom. The Morgan fingerprint density at radius 2 is 1.87 bits per heavy atom. The molecule has 3 aromatic rings. The SMILES string of the molecule is CCOC(C)Cc1ccc(C(=O)Nc2cccc(Oc3ccc(Br)cc3)c2)c(C)n1. The molecular formula is C24H25BrN2O3. The number of carbonyl (C=O) groups excluding carboxylic acids is 1. The number of hydrogen-bond acceptors (Lipinski definition) is 4. The van der Waals surface area contributed by atoms with E-state index in [0.717, 1.165) is 15.9 Å². The highest BCUT2D eigenvalue weighted by atomic mass is 79.9. The average Bonchev–Trinajstić information content (AvgIpc) is 2.70. The number of aromatic nitrogens is 1. The third-order valence-corrected chi connectivity index (χ3v) is 5.01. The average molecular weight is 469 g/mol. The molecule has 6 heteroatoms. The van der Waals surface area contributed by atoms with E-state index >= 15 is 0 Å². The second-order valence-electron chi connectivity index (χ2n) is 6.94. The van der Waals surface area contributed by atoms with Crippen molar-refractivity contribution in [1.82, 2.24) is 4.98 Å². The molecule has 0 saturated carbocycles. The molecule has 0 spiro atoms. The van der Waals surface area contributed by atoms with Crippen molar-refractivity contribution in [2.75, 3.05) is 11.9 Å². The van der Waals surface area contributed by atoms with Gasteiger partial charge in [-0.2, -0.15) is 0 Å². The maximum absolute atomic E-state index is 12.8. The summed E-state index contributed by atoms with van der Waals surface area (Å²) >= 11 is 3.41. The molecule has 0 aliphatic carbocycles. The fraction of sp³-hybridized carbons (Fsp3) is 0.250. The van der Waals surface area contributed by atoms with Crippen LogP contribution in [0, 0.1) is 6.92 Å². The molecule has 0 saturated heterocycles. The molecule has 0 aliphatic heterocycles. The molecule has 0 fully saturated rings. The third kappa shape index (κ3) is 6.15. The van der Waals surface area contributed by atoms with Gasteiger partial charge in [-0.3, -0.25) is 9.78 Å². The molecule has 0 aliphatic rings. The number of nitrogens with one attached hydrogen (secondary N) is 1. The summed E-state index contributed by atoms with van der Waals surface area (Å²) in [5.41, 5.74) is 2.80. The normalized spacial score (nSPS) is 11.7. The first kappa shape index (κ1) is 22.0. The lowest BCUT2D eigenvalue weighted by atomic mass is 10.1. The van der Waals surface area contributed by atoms with Crippen molar-refractivity contribution in [3.63, 3.8) is 0 Å². The molecule has 3 rings (SSSR count). The Kier molecular flexibility index (Phi) is 7.60. The number of halogens is 1. The van der Waals surface area contributed by atoms with Crippen molar-refractivity contribution in [2.24, 2.45) is 0 Å². The van der Waals surface area contributed by atoms with Crippen LogP contribution in [0.3, 0.4) is 0 Å². The lowest BCUT2D eigenvalue weighted by molar-refractivity contribution is 0.0761. The largest absolute Gasteiger partial charge is 0.457 e. The van der Waals surface area contributed by atoms with Gasteiger partial charge in [0.05, 0.1) is 17.4 Å². The molecule has 5 nitrogen and oxygen atoms in total. The fourth-order valence-electron chi connectivity index (χ4n) is 3.08. The number of rotatable bonds is 8. The van der Waals surface area contributed by atoms with Crippen LogP contribution in [0.5, 0.6) is 11.5 Å². The highest BCUT2D eigenvalue weighted by Gasteiger charge is 2.13. The van der Waals surface area contributed by atoms with Gasteiger partial charge in [0.25, 0.3) is 5.91 Å². The van der Waals surface area contributed by atoms with Crippen LogP contribution in [-0.4, -0.2) is 23.6 Å². The van der Waals surface area contributed by atoms with Crippen LogP contribution in [0.4, 0.5) is 5.69 Å². The summed E-state index contributed by atoms with van der Waals surface area (Å²) in [4.78, 5) is 17.3. The van der Waals surface area contributed by atoms with E-state index in [1.54, 1.807) is 6.07 Å². The van der Waals surface area contributed by atoms with Crippen LogP contribution < -0.4 is 10.1 Å². The summed E-state index contributed by atoms with van der Waals surface area (Å²) in [6.45, 7) is 6.51. The molecular weight excluding hydrogens is 444 g/mol. The molecule has 0 radical (unpaired) electrons. The van der Waals surface area contributed by atoms with Gasteiger partial charge in [-0.15, -0.1) is 0 Å². The quantitative estimate of drug-likeness (QED) is 0.429. The second kappa shape index (κ2) is 10.4. The molecule has 1 aromatic heterocycles. The number of amides is 1. The monoisotopic (exact) mass is 468 g/mol. The summed E-state index contributed by atoms with van der Waals surface area (Å²) in [7, 11) is 0. The van der Waals surface area contributed by atoms with Crippen LogP contribution in [0.25, 0.3) is 0 Å². The van der Waals surface area contributed by atoms with Gasteiger partial charge in [-0.1, -0.05) is 22.0 Å². The van der Waals surface area contributed by atoms with E-state index < -0.39 is 0 Å². The van der Waals surface area contributed by atoms with E-state index in [1.807, 2.05) is 75.4 Å². The minimum Gasteiger partial charge on any atom is -0.457 e. The summed E-state index contributed by atoms with van der Waals surface area (Å²) in [6.07, 6.45) is 0.807. The highest BCUT2D eigenvalue weighted by Crippen LogP contribution is 2.26. The first-order valence-electron chi connectivity index (χ1n) is 9.87.